The molecule has 0 atom stereocenters. The van der Waals surface area contributed by atoms with Gasteiger partial charge < -0.3 is 5.32 Å². The molecule has 1 heterocycles. The third-order valence-electron chi connectivity index (χ3n) is 2.62. The Balaban J connectivity index is 2.10. The third kappa shape index (κ3) is 4.30. The van der Waals surface area contributed by atoms with Gasteiger partial charge in [-0.15, -0.1) is 11.6 Å². The molecule has 0 saturated carbocycles. The molecule has 1 saturated heterocycles. The van der Waals surface area contributed by atoms with Crippen LogP contribution in [0, 0.1) is 0 Å². The summed E-state index contributed by atoms with van der Waals surface area (Å²) in [5.41, 5.74) is 0. The zero-order valence-corrected chi connectivity index (χ0v) is 9.29. The molecule has 2 nitrogen and oxygen atoms in total. The van der Waals surface area contributed by atoms with Crippen LogP contribution in [-0.2, 0) is 0 Å². The second-order valence-electron chi connectivity index (χ2n) is 3.85. The average molecular weight is 205 g/mol. The summed E-state index contributed by atoms with van der Waals surface area (Å²) in [5.74, 6) is 0. The summed E-state index contributed by atoms with van der Waals surface area (Å²) >= 11 is 6.40. The van der Waals surface area contributed by atoms with E-state index >= 15 is 0 Å². The van der Waals surface area contributed by atoms with Crippen molar-refractivity contribution >= 4 is 11.6 Å². The monoisotopic (exact) mass is 204 g/mol. The number of hydrogen-bond donors (Lipinski definition) is 2. The molecule has 0 radical (unpaired) electrons. The molecule has 0 aromatic rings. The van der Waals surface area contributed by atoms with Crippen molar-refractivity contribution in [1.29, 1.82) is 0 Å². The molecule has 0 bridgehead atoms. The summed E-state index contributed by atoms with van der Waals surface area (Å²) < 4.78 is 0. The minimum Gasteiger partial charge on any atom is -0.316 e. The lowest BCUT2D eigenvalue weighted by molar-refractivity contribution is 0.340. The van der Waals surface area contributed by atoms with Crippen LogP contribution in [-0.4, -0.2) is 24.6 Å². The van der Waals surface area contributed by atoms with Crippen LogP contribution in [0.25, 0.3) is 0 Å². The highest BCUT2D eigenvalue weighted by Gasteiger charge is 2.27. The molecule has 3 heteroatoms. The van der Waals surface area contributed by atoms with Gasteiger partial charge in [0.25, 0.3) is 0 Å². The molecule has 1 rings (SSSR count). The smallest absolute Gasteiger partial charge is 0.0959 e. The number of alkyl halides is 1. The first-order valence-electron chi connectivity index (χ1n) is 5.41. The van der Waals surface area contributed by atoms with Gasteiger partial charge in [-0.05, 0) is 38.9 Å². The van der Waals surface area contributed by atoms with Gasteiger partial charge in [0, 0.05) is 0 Å². The van der Waals surface area contributed by atoms with Crippen LogP contribution in [0.5, 0.6) is 0 Å². The highest BCUT2D eigenvalue weighted by atomic mass is 35.5. The fraction of sp³-hybridized carbons (Fsp3) is 1.00. The summed E-state index contributed by atoms with van der Waals surface area (Å²) in [7, 11) is 0. The Morgan fingerprint density at radius 2 is 2.00 bits per heavy atom. The first kappa shape index (κ1) is 11.3. The van der Waals surface area contributed by atoms with E-state index in [0.717, 1.165) is 32.5 Å². The Morgan fingerprint density at radius 1 is 1.31 bits per heavy atom. The summed E-state index contributed by atoms with van der Waals surface area (Å²) in [4.78, 5) is -0.112. The molecule has 1 aliphatic rings. The van der Waals surface area contributed by atoms with Gasteiger partial charge in [-0.1, -0.05) is 19.8 Å². The zero-order valence-electron chi connectivity index (χ0n) is 8.53. The maximum absolute atomic E-state index is 6.40. The standard InChI is InChI=1S/C10H21ClN2/c1-2-3-4-7-13-10(11)5-8-12-9-6-10/h12-13H,2-9H2,1H3. The fourth-order valence-corrected chi connectivity index (χ4v) is 1.97. The van der Waals surface area contributed by atoms with E-state index in [1.54, 1.807) is 0 Å². The quantitative estimate of drug-likeness (QED) is 0.407. The first-order chi connectivity index (χ1) is 6.27. The van der Waals surface area contributed by atoms with Gasteiger partial charge in [-0.25, -0.2) is 0 Å². The Kier molecular flexibility index (Phi) is 5.07. The minimum atomic E-state index is -0.112. The van der Waals surface area contributed by atoms with Crippen molar-refractivity contribution in [2.24, 2.45) is 0 Å². The van der Waals surface area contributed by atoms with Gasteiger partial charge >= 0.3 is 0 Å². The minimum absolute atomic E-state index is 0.112. The van der Waals surface area contributed by atoms with E-state index in [9.17, 15) is 0 Å². The van der Waals surface area contributed by atoms with Crippen LogP contribution in [0.4, 0.5) is 0 Å². The van der Waals surface area contributed by atoms with E-state index in [2.05, 4.69) is 17.6 Å². The Morgan fingerprint density at radius 3 is 2.62 bits per heavy atom. The van der Waals surface area contributed by atoms with E-state index in [1.807, 2.05) is 0 Å². The van der Waals surface area contributed by atoms with Gasteiger partial charge in [0.1, 0.15) is 0 Å². The molecule has 0 aromatic carbocycles. The molecule has 0 aliphatic carbocycles. The lowest BCUT2D eigenvalue weighted by Gasteiger charge is -2.32. The largest absolute Gasteiger partial charge is 0.316 e. The van der Waals surface area contributed by atoms with Crippen molar-refractivity contribution in [3.63, 3.8) is 0 Å². The third-order valence-corrected chi connectivity index (χ3v) is 3.13. The number of piperidine rings is 1. The molecule has 0 aromatic heterocycles. The normalized spacial score (nSPS) is 21.7. The molecule has 13 heavy (non-hydrogen) atoms. The summed E-state index contributed by atoms with van der Waals surface area (Å²) in [5, 5.41) is 6.78. The predicted octanol–water partition coefficient (Wildman–Crippen LogP) is 2.08. The van der Waals surface area contributed by atoms with Gasteiger partial charge in [0.2, 0.25) is 0 Å². The maximum Gasteiger partial charge on any atom is 0.0959 e. The molecular weight excluding hydrogens is 184 g/mol. The Bertz CT molecular complexity index is 133. The van der Waals surface area contributed by atoms with Crippen molar-refractivity contribution in [3.05, 3.63) is 0 Å². The van der Waals surface area contributed by atoms with E-state index in [-0.39, 0.29) is 5.00 Å². The van der Waals surface area contributed by atoms with E-state index in [4.69, 9.17) is 11.6 Å². The predicted molar refractivity (Wildman–Crippen MR) is 58.2 cm³/mol. The number of halogens is 1. The lowest BCUT2D eigenvalue weighted by atomic mass is 10.1. The summed E-state index contributed by atoms with van der Waals surface area (Å²) in [6, 6.07) is 0. The van der Waals surface area contributed by atoms with E-state index < -0.39 is 0 Å². The van der Waals surface area contributed by atoms with Crippen LogP contribution >= 0.6 is 11.6 Å². The van der Waals surface area contributed by atoms with Gasteiger partial charge in [-0.2, -0.15) is 0 Å². The molecule has 1 fully saturated rings. The molecule has 78 valence electrons. The zero-order chi connectivity index (χ0) is 9.57. The van der Waals surface area contributed by atoms with Crippen molar-refractivity contribution in [2.45, 2.75) is 44.0 Å². The van der Waals surface area contributed by atoms with Crippen molar-refractivity contribution in [3.8, 4) is 0 Å². The molecule has 1 aliphatic heterocycles. The first-order valence-corrected chi connectivity index (χ1v) is 5.79. The van der Waals surface area contributed by atoms with Crippen LogP contribution < -0.4 is 10.6 Å². The lowest BCUT2D eigenvalue weighted by Crippen LogP contribution is -2.48. The van der Waals surface area contributed by atoms with Gasteiger partial charge in [0.15, 0.2) is 0 Å². The summed E-state index contributed by atoms with van der Waals surface area (Å²) in [6.45, 7) is 5.38. The van der Waals surface area contributed by atoms with Crippen LogP contribution in [0.3, 0.4) is 0 Å². The molecule has 0 spiro atoms. The molecule has 0 amide bonds. The molecule has 0 unspecified atom stereocenters. The second kappa shape index (κ2) is 5.84. The Hall–Kier alpha value is 0.210. The van der Waals surface area contributed by atoms with Crippen molar-refractivity contribution in [2.75, 3.05) is 19.6 Å². The van der Waals surface area contributed by atoms with E-state index in [0.29, 0.717) is 0 Å². The number of unbranched alkanes of at least 4 members (excludes halogenated alkanes) is 2. The Labute approximate surface area is 86.4 Å². The van der Waals surface area contributed by atoms with Gasteiger partial charge in [0.05, 0.1) is 5.00 Å². The van der Waals surface area contributed by atoms with E-state index in [1.165, 1.54) is 19.3 Å². The van der Waals surface area contributed by atoms with Crippen LogP contribution in [0.1, 0.15) is 39.0 Å². The number of nitrogens with one attached hydrogen (secondary N) is 2. The topological polar surface area (TPSA) is 24.1 Å². The second-order valence-corrected chi connectivity index (χ2v) is 4.57. The fourth-order valence-electron chi connectivity index (χ4n) is 1.69. The summed E-state index contributed by atoms with van der Waals surface area (Å²) in [6.07, 6.45) is 5.91. The van der Waals surface area contributed by atoms with Crippen molar-refractivity contribution in [1.82, 2.24) is 10.6 Å². The highest BCUT2D eigenvalue weighted by molar-refractivity contribution is 6.23. The average Bonchev–Trinajstić information content (AvgIpc) is 2.14. The SMILES string of the molecule is CCCCCNC1(Cl)CCNCC1. The van der Waals surface area contributed by atoms with Crippen LogP contribution in [0.2, 0.25) is 0 Å². The number of hydrogen-bond acceptors (Lipinski definition) is 2. The number of rotatable bonds is 5. The van der Waals surface area contributed by atoms with Crippen molar-refractivity contribution < 1.29 is 0 Å². The van der Waals surface area contributed by atoms with Gasteiger partial charge in [-0.3, -0.25) is 5.32 Å². The molecule has 2 N–H and O–H groups in total. The molecular formula is C10H21ClN2. The van der Waals surface area contributed by atoms with Crippen LogP contribution in [0.15, 0.2) is 0 Å². The highest BCUT2D eigenvalue weighted by Crippen LogP contribution is 2.22. The maximum atomic E-state index is 6.40.